The molecule has 2 heteroatoms. The molecule has 0 aliphatic rings. The summed E-state index contributed by atoms with van der Waals surface area (Å²) in [5.41, 5.74) is 1.10. The molecule has 0 saturated carbocycles. The molecular formula is C21H36CaO. The Kier molecular flexibility index (Phi) is 17.3. The van der Waals surface area contributed by atoms with E-state index in [9.17, 15) is 5.11 Å². The normalized spacial score (nSPS) is 10.5. The quantitative estimate of drug-likeness (QED) is 0.296. The number of hydrogen-bond acceptors (Lipinski definition) is 1. The van der Waals surface area contributed by atoms with Crippen LogP contribution in [0.15, 0.2) is 24.3 Å². The SMILES string of the molecule is CCCCCCCCCCCCCCCc1ccccc1O.[Ca]. The zero-order valence-electron chi connectivity index (χ0n) is 15.4. The standard InChI is InChI=1S/C21H36O.Ca/c1-2-3-4-5-6-7-8-9-10-11-12-13-14-17-20-18-15-16-19-21(20)22;/h15-16,18-19,22H,2-14,17H2,1H3;. The molecule has 1 aromatic rings. The largest absolute Gasteiger partial charge is 0.508 e. The van der Waals surface area contributed by atoms with Gasteiger partial charge in [0.25, 0.3) is 0 Å². The Labute approximate surface area is 174 Å². The summed E-state index contributed by atoms with van der Waals surface area (Å²) in [6, 6.07) is 7.73. The van der Waals surface area contributed by atoms with Crippen LogP contribution in [0.5, 0.6) is 5.75 Å². The minimum Gasteiger partial charge on any atom is -0.508 e. The number of phenolic OH excluding ortho intramolecular Hbond substituents is 1. The van der Waals surface area contributed by atoms with E-state index in [-0.39, 0.29) is 37.7 Å². The maximum atomic E-state index is 9.70. The zero-order valence-corrected chi connectivity index (χ0v) is 17.6. The van der Waals surface area contributed by atoms with Crippen molar-refractivity contribution >= 4 is 37.7 Å². The predicted molar refractivity (Wildman–Crippen MR) is 103 cm³/mol. The number of para-hydroxylation sites is 1. The van der Waals surface area contributed by atoms with Gasteiger partial charge in [0.1, 0.15) is 5.75 Å². The second kappa shape index (κ2) is 17.1. The van der Waals surface area contributed by atoms with Crippen LogP contribution in [0.1, 0.15) is 96.0 Å². The van der Waals surface area contributed by atoms with Crippen LogP contribution in [0.4, 0.5) is 0 Å². The molecule has 0 saturated heterocycles. The van der Waals surface area contributed by atoms with E-state index in [1.54, 1.807) is 6.07 Å². The second-order valence-corrected chi connectivity index (χ2v) is 6.62. The predicted octanol–water partition coefficient (Wildman–Crippen LogP) is 6.65. The molecule has 0 unspecified atom stereocenters. The van der Waals surface area contributed by atoms with Gasteiger partial charge in [-0.15, -0.1) is 0 Å². The van der Waals surface area contributed by atoms with Crippen molar-refractivity contribution in [1.29, 1.82) is 0 Å². The summed E-state index contributed by atoms with van der Waals surface area (Å²) in [4.78, 5) is 0. The van der Waals surface area contributed by atoms with Gasteiger partial charge in [-0.3, -0.25) is 0 Å². The Balaban J connectivity index is 0.00000484. The van der Waals surface area contributed by atoms with Crippen molar-refractivity contribution in [3.63, 3.8) is 0 Å². The molecule has 0 aromatic heterocycles. The molecule has 2 radical (unpaired) electrons. The third-order valence-electron chi connectivity index (χ3n) is 4.54. The van der Waals surface area contributed by atoms with Crippen LogP contribution in [-0.4, -0.2) is 42.8 Å². The molecule has 1 nitrogen and oxygen atoms in total. The van der Waals surface area contributed by atoms with Gasteiger partial charge in [-0.25, -0.2) is 0 Å². The van der Waals surface area contributed by atoms with Crippen LogP contribution >= 0.6 is 0 Å². The summed E-state index contributed by atoms with van der Waals surface area (Å²) in [6.07, 6.45) is 19.1. The van der Waals surface area contributed by atoms with E-state index in [0.29, 0.717) is 5.75 Å². The van der Waals surface area contributed by atoms with Crippen LogP contribution in [0.3, 0.4) is 0 Å². The van der Waals surface area contributed by atoms with Crippen LogP contribution in [0.2, 0.25) is 0 Å². The van der Waals surface area contributed by atoms with Crippen molar-refractivity contribution in [1.82, 2.24) is 0 Å². The molecule has 23 heavy (non-hydrogen) atoms. The molecule has 128 valence electrons. The maximum Gasteiger partial charge on any atom is 0.118 e. The fourth-order valence-electron chi connectivity index (χ4n) is 3.06. The topological polar surface area (TPSA) is 20.2 Å². The summed E-state index contributed by atoms with van der Waals surface area (Å²) >= 11 is 0. The second-order valence-electron chi connectivity index (χ2n) is 6.62. The van der Waals surface area contributed by atoms with Gasteiger partial charge in [0.2, 0.25) is 0 Å². The van der Waals surface area contributed by atoms with Crippen LogP contribution in [0.25, 0.3) is 0 Å². The molecule has 1 aromatic carbocycles. The molecule has 0 atom stereocenters. The average molecular weight is 345 g/mol. The molecule has 0 spiro atoms. The number of benzene rings is 1. The van der Waals surface area contributed by atoms with Gasteiger partial charge >= 0.3 is 0 Å². The number of phenols is 1. The van der Waals surface area contributed by atoms with Crippen LogP contribution in [0, 0.1) is 0 Å². The molecule has 1 rings (SSSR count). The third-order valence-corrected chi connectivity index (χ3v) is 4.54. The zero-order chi connectivity index (χ0) is 15.9. The van der Waals surface area contributed by atoms with Gasteiger partial charge in [0.05, 0.1) is 0 Å². The smallest absolute Gasteiger partial charge is 0.118 e. The summed E-state index contributed by atoms with van der Waals surface area (Å²) < 4.78 is 0. The minimum absolute atomic E-state index is 0. The van der Waals surface area contributed by atoms with Crippen molar-refractivity contribution in [2.75, 3.05) is 0 Å². The first-order valence-corrected chi connectivity index (χ1v) is 9.61. The molecule has 0 aliphatic heterocycles. The number of aryl methyl sites for hydroxylation is 1. The fourth-order valence-corrected chi connectivity index (χ4v) is 3.06. The molecular weight excluding hydrogens is 308 g/mol. The fraction of sp³-hybridized carbons (Fsp3) is 0.714. The Hall–Kier alpha value is 0.280. The van der Waals surface area contributed by atoms with Crippen molar-refractivity contribution in [3.05, 3.63) is 29.8 Å². The molecule has 0 fully saturated rings. The van der Waals surface area contributed by atoms with Gasteiger partial charge in [0, 0.05) is 37.7 Å². The Morgan fingerprint density at radius 3 is 1.57 bits per heavy atom. The van der Waals surface area contributed by atoms with E-state index >= 15 is 0 Å². The maximum absolute atomic E-state index is 9.70. The van der Waals surface area contributed by atoms with Gasteiger partial charge in [-0.2, -0.15) is 0 Å². The molecule has 0 amide bonds. The van der Waals surface area contributed by atoms with Gasteiger partial charge in [0.15, 0.2) is 0 Å². The number of unbranched alkanes of at least 4 members (excludes halogenated alkanes) is 12. The summed E-state index contributed by atoms with van der Waals surface area (Å²) in [5.74, 6) is 0.460. The van der Waals surface area contributed by atoms with Crippen molar-refractivity contribution in [2.24, 2.45) is 0 Å². The van der Waals surface area contributed by atoms with Crippen molar-refractivity contribution < 1.29 is 5.11 Å². The van der Waals surface area contributed by atoms with Gasteiger partial charge in [-0.1, -0.05) is 102 Å². The molecule has 1 N–H and O–H groups in total. The first-order chi connectivity index (χ1) is 10.8. The van der Waals surface area contributed by atoms with Gasteiger partial charge < -0.3 is 5.11 Å². The Morgan fingerprint density at radius 2 is 1.09 bits per heavy atom. The monoisotopic (exact) mass is 344 g/mol. The van der Waals surface area contributed by atoms with Crippen molar-refractivity contribution in [3.8, 4) is 5.75 Å². The third kappa shape index (κ3) is 13.3. The minimum atomic E-state index is 0. The molecule has 0 bridgehead atoms. The summed E-state index contributed by atoms with van der Waals surface area (Å²) in [6.45, 7) is 2.28. The van der Waals surface area contributed by atoms with E-state index in [1.807, 2.05) is 18.2 Å². The van der Waals surface area contributed by atoms with E-state index in [0.717, 1.165) is 12.0 Å². The van der Waals surface area contributed by atoms with Crippen molar-refractivity contribution in [2.45, 2.75) is 96.8 Å². The van der Waals surface area contributed by atoms with E-state index in [4.69, 9.17) is 0 Å². The number of aromatic hydroxyl groups is 1. The first kappa shape index (κ1) is 23.3. The van der Waals surface area contributed by atoms with Crippen LogP contribution < -0.4 is 0 Å². The summed E-state index contributed by atoms with van der Waals surface area (Å²) in [7, 11) is 0. The van der Waals surface area contributed by atoms with E-state index in [1.165, 1.54) is 83.5 Å². The van der Waals surface area contributed by atoms with Gasteiger partial charge in [-0.05, 0) is 24.5 Å². The van der Waals surface area contributed by atoms with Crippen LogP contribution in [-0.2, 0) is 6.42 Å². The number of hydrogen-bond donors (Lipinski definition) is 1. The average Bonchev–Trinajstić information content (AvgIpc) is 2.53. The summed E-state index contributed by atoms with van der Waals surface area (Å²) in [5, 5.41) is 9.70. The van der Waals surface area contributed by atoms with E-state index < -0.39 is 0 Å². The first-order valence-electron chi connectivity index (χ1n) is 9.61. The Morgan fingerprint density at radius 1 is 0.652 bits per heavy atom. The van der Waals surface area contributed by atoms with E-state index in [2.05, 4.69) is 6.92 Å². The molecule has 0 heterocycles. The Bertz CT molecular complexity index is 365. The molecule has 0 aliphatic carbocycles. The number of rotatable bonds is 14.